The minimum Gasteiger partial charge on any atom is -0.487 e. The van der Waals surface area contributed by atoms with Crippen LogP contribution in [0.25, 0.3) is 0 Å². The molecule has 0 saturated carbocycles. The van der Waals surface area contributed by atoms with Crippen LogP contribution in [0.1, 0.15) is 31.9 Å². The molecule has 0 aromatic heterocycles. The molecule has 1 fully saturated rings. The second-order valence-corrected chi connectivity index (χ2v) is 6.53. The summed E-state index contributed by atoms with van der Waals surface area (Å²) in [5, 5.41) is 3.49. The molecule has 112 valence electrons. The number of nitrogens with zero attached hydrogens (tertiary/aromatic N) is 1. The SMILES string of the molecule is CC1CN(Cc2cccc3c2OC(C)(C)C3)CCN1.Cl. The lowest BCUT2D eigenvalue weighted by molar-refractivity contribution is 0.133. The molecule has 0 spiro atoms. The van der Waals surface area contributed by atoms with E-state index in [0.29, 0.717) is 6.04 Å². The van der Waals surface area contributed by atoms with Crippen molar-refractivity contribution in [3.05, 3.63) is 29.3 Å². The van der Waals surface area contributed by atoms with Gasteiger partial charge >= 0.3 is 0 Å². The Morgan fingerprint density at radius 3 is 2.95 bits per heavy atom. The first-order valence-electron chi connectivity index (χ1n) is 7.29. The molecule has 1 atom stereocenters. The van der Waals surface area contributed by atoms with Crippen molar-refractivity contribution in [3.63, 3.8) is 0 Å². The van der Waals surface area contributed by atoms with E-state index in [9.17, 15) is 0 Å². The first-order chi connectivity index (χ1) is 9.03. The lowest BCUT2D eigenvalue weighted by Crippen LogP contribution is -2.48. The molecule has 3 nitrogen and oxygen atoms in total. The summed E-state index contributed by atoms with van der Waals surface area (Å²) in [6.07, 6.45) is 1.02. The second kappa shape index (κ2) is 5.92. The Morgan fingerprint density at radius 1 is 1.40 bits per heavy atom. The van der Waals surface area contributed by atoms with Crippen molar-refractivity contribution in [1.82, 2.24) is 10.2 Å². The maximum absolute atomic E-state index is 6.15. The number of para-hydroxylation sites is 1. The van der Waals surface area contributed by atoms with E-state index in [1.165, 1.54) is 11.1 Å². The number of fused-ring (bicyclic) bond motifs is 1. The third-order valence-corrected chi connectivity index (χ3v) is 4.02. The molecule has 1 aromatic rings. The van der Waals surface area contributed by atoms with Gasteiger partial charge in [-0.2, -0.15) is 0 Å². The average molecular weight is 297 g/mol. The number of piperazine rings is 1. The molecule has 2 heterocycles. The summed E-state index contributed by atoms with van der Waals surface area (Å²) in [4.78, 5) is 2.52. The van der Waals surface area contributed by atoms with Gasteiger partial charge in [-0.05, 0) is 26.3 Å². The van der Waals surface area contributed by atoms with E-state index in [1.807, 2.05) is 0 Å². The number of halogens is 1. The fourth-order valence-electron chi connectivity index (χ4n) is 3.20. The molecule has 1 saturated heterocycles. The van der Waals surface area contributed by atoms with E-state index in [1.54, 1.807) is 0 Å². The van der Waals surface area contributed by atoms with Gasteiger partial charge in [0.05, 0.1) is 0 Å². The molecule has 20 heavy (non-hydrogen) atoms. The fourth-order valence-corrected chi connectivity index (χ4v) is 3.20. The summed E-state index contributed by atoms with van der Waals surface area (Å²) in [6.45, 7) is 10.9. The van der Waals surface area contributed by atoms with Crippen molar-refractivity contribution in [2.24, 2.45) is 0 Å². The summed E-state index contributed by atoms with van der Waals surface area (Å²) in [7, 11) is 0. The van der Waals surface area contributed by atoms with Gasteiger partial charge in [0.15, 0.2) is 0 Å². The quantitative estimate of drug-likeness (QED) is 0.908. The predicted octanol–water partition coefficient (Wildman–Crippen LogP) is 2.62. The molecular weight excluding hydrogens is 272 g/mol. The van der Waals surface area contributed by atoms with E-state index in [4.69, 9.17) is 4.74 Å². The van der Waals surface area contributed by atoms with Crippen LogP contribution in [0.2, 0.25) is 0 Å². The molecule has 3 rings (SSSR count). The molecule has 4 heteroatoms. The van der Waals surface area contributed by atoms with Crippen LogP contribution in [-0.4, -0.2) is 36.2 Å². The largest absolute Gasteiger partial charge is 0.487 e. The van der Waals surface area contributed by atoms with Gasteiger partial charge in [0, 0.05) is 44.2 Å². The van der Waals surface area contributed by atoms with Crippen LogP contribution in [-0.2, 0) is 13.0 Å². The first-order valence-corrected chi connectivity index (χ1v) is 7.29. The molecule has 1 unspecified atom stereocenters. The number of hydrogen-bond donors (Lipinski definition) is 1. The number of benzene rings is 1. The normalized spacial score (nSPS) is 24.6. The van der Waals surface area contributed by atoms with Gasteiger partial charge in [0.25, 0.3) is 0 Å². The van der Waals surface area contributed by atoms with Crippen LogP contribution >= 0.6 is 12.4 Å². The van der Waals surface area contributed by atoms with Crippen molar-refractivity contribution in [1.29, 1.82) is 0 Å². The molecule has 0 radical (unpaired) electrons. The number of nitrogens with one attached hydrogen (secondary N) is 1. The molecule has 1 aromatic carbocycles. The van der Waals surface area contributed by atoms with Crippen LogP contribution in [0.5, 0.6) is 5.75 Å². The topological polar surface area (TPSA) is 24.5 Å². The van der Waals surface area contributed by atoms with Gasteiger partial charge < -0.3 is 10.1 Å². The van der Waals surface area contributed by atoms with Gasteiger partial charge in [0.1, 0.15) is 11.4 Å². The van der Waals surface area contributed by atoms with Crippen LogP contribution < -0.4 is 10.1 Å². The summed E-state index contributed by atoms with van der Waals surface area (Å²) >= 11 is 0. The smallest absolute Gasteiger partial charge is 0.127 e. The minimum absolute atomic E-state index is 0. The standard InChI is InChI=1S/C16H24N2O.ClH/c1-12-10-18(8-7-17-12)11-14-6-4-5-13-9-16(2,3)19-15(13)14;/h4-6,12,17H,7-11H2,1-3H3;1H. The van der Waals surface area contributed by atoms with Crippen molar-refractivity contribution in [3.8, 4) is 5.75 Å². The number of rotatable bonds is 2. The zero-order valence-electron chi connectivity index (χ0n) is 12.6. The highest BCUT2D eigenvalue weighted by molar-refractivity contribution is 5.85. The highest BCUT2D eigenvalue weighted by Crippen LogP contribution is 2.38. The zero-order valence-corrected chi connectivity index (χ0v) is 13.4. The summed E-state index contributed by atoms with van der Waals surface area (Å²) in [5.74, 6) is 1.14. The second-order valence-electron chi connectivity index (χ2n) is 6.53. The monoisotopic (exact) mass is 296 g/mol. The maximum Gasteiger partial charge on any atom is 0.127 e. The molecule has 0 aliphatic carbocycles. The number of ether oxygens (including phenoxy) is 1. The molecule has 2 aliphatic heterocycles. The van der Waals surface area contributed by atoms with Gasteiger partial charge in [-0.25, -0.2) is 0 Å². The van der Waals surface area contributed by atoms with Gasteiger partial charge in [-0.1, -0.05) is 18.2 Å². The lowest BCUT2D eigenvalue weighted by Gasteiger charge is -2.32. The number of hydrogen-bond acceptors (Lipinski definition) is 3. The van der Waals surface area contributed by atoms with Gasteiger partial charge in [-0.15, -0.1) is 12.4 Å². The van der Waals surface area contributed by atoms with Crippen molar-refractivity contribution >= 4 is 12.4 Å². The van der Waals surface area contributed by atoms with E-state index < -0.39 is 0 Å². The predicted molar refractivity (Wildman–Crippen MR) is 84.8 cm³/mol. The summed E-state index contributed by atoms with van der Waals surface area (Å²) in [5.41, 5.74) is 2.66. The van der Waals surface area contributed by atoms with E-state index in [0.717, 1.165) is 38.3 Å². The Morgan fingerprint density at radius 2 is 2.20 bits per heavy atom. The van der Waals surface area contributed by atoms with E-state index in [-0.39, 0.29) is 18.0 Å². The van der Waals surface area contributed by atoms with Crippen molar-refractivity contribution in [2.75, 3.05) is 19.6 Å². The molecule has 0 bridgehead atoms. The highest BCUT2D eigenvalue weighted by atomic mass is 35.5. The van der Waals surface area contributed by atoms with Crippen LogP contribution in [0, 0.1) is 0 Å². The summed E-state index contributed by atoms with van der Waals surface area (Å²) < 4.78 is 6.15. The molecule has 0 amide bonds. The fraction of sp³-hybridized carbons (Fsp3) is 0.625. The minimum atomic E-state index is -0.0464. The molecular formula is C16H25ClN2O. The van der Waals surface area contributed by atoms with E-state index in [2.05, 4.69) is 49.2 Å². The van der Waals surface area contributed by atoms with Crippen LogP contribution in [0.4, 0.5) is 0 Å². The molecule has 2 aliphatic rings. The Labute approximate surface area is 128 Å². The lowest BCUT2D eigenvalue weighted by atomic mass is 10.0. The Balaban J connectivity index is 0.00000147. The van der Waals surface area contributed by atoms with Crippen LogP contribution in [0.3, 0.4) is 0 Å². The van der Waals surface area contributed by atoms with Gasteiger partial charge in [-0.3, -0.25) is 4.90 Å². The third kappa shape index (κ3) is 3.27. The average Bonchev–Trinajstić information content (AvgIpc) is 2.64. The zero-order chi connectivity index (χ0) is 13.5. The highest BCUT2D eigenvalue weighted by Gasteiger charge is 2.32. The van der Waals surface area contributed by atoms with Crippen LogP contribution in [0.15, 0.2) is 18.2 Å². The first kappa shape index (κ1) is 15.6. The Bertz CT molecular complexity index is 476. The van der Waals surface area contributed by atoms with Gasteiger partial charge in [0.2, 0.25) is 0 Å². The Hall–Kier alpha value is -0.770. The maximum atomic E-state index is 6.15. The third-order valence-electron chi connectivity index (χ3n) is 4.02. The Kier molecular flexibility index (Phi) is 4.62. The summed E-state index contributed by atoms with van der Waals surface area (Å²) in [6, 6.07) is 7.17. The van der Waals surface area contributed by atoms with Crippen molar-refractivity contribution < 1.29 is 4.74 Å². The van der Waals surface area contributed by atoms with E-state index >= 15 is 0 Å². The molecule has 1 N–H and O–H groups in total. The van der Waals surface area contributed by atoms with Crippen molar-refractivity contribution in [2.45, 2.75) is 45.4 Å².